The predicted octanol–water partition coefficient (Wildman–Crippen LogP) is 3.17. The number of benzene rings is 1. The summed E-state index contributed by atoms with van der Waals surface area (Å²) in [4.78, 5) is 26.5. The van der Waals surface area contributed by atoms with Gasteiger partial charge >= 0.3 is 0 Å². The molecule has 1 aromatic rings. The highest BCUT2D eigenvalue weighted by atomic mass is 16.7. The van der Waals surface area contributed by atoms with Crippen LogP contribution >= 0.6 is 0 Å². The lowest BCUT2D eigenvalue weighted by molar-refractivity contribution is -0.134. The van der Waals surface area contributed by atoms with E-state index >= 15 is 0 Å². The van der Waals surface area contributed by atoms with Crippen molar-refractivity contribution in [2.75, 3.05) is 25.2 Å². The number of carbonyl (C=O) groups excluding carboxylic acids is 2. The molecule has 0 atom stereocenters. The van der Waals surface area contributed by atoms with Gasteiger partial charge in [-0.15, -0.1) is 0 Å². The van der Waals surface area contributed by atoms with Gasteiger partial charge in [0, 0.05) is 37.2 Å². The Labute approximate surface area is 148 Å². The molecular weight excluding hydrogens is 320 g/mol. The molecule has 2 aliphatic heterocycles. The monoisotopic (exact) mass is 346 g/mol. The maximum atomic E-state index is 12.5. The second-order valence-corrected chi connectivity index (χ2v) is 6.67. The molecule has 6 heteroatoms. The zero-order valence-electron chi connectivity index (χ0n) is 14.8. The number of likely N-dealkylation sites (tertiary alicyclic amines) is 1. The van der Waals surface area contributed by atoms with Gasteiger partial charge in [-0.05, 0) is 31.4 Å². The zero-order chi connectivity index (χ0) is 17.6. The van der Waals surface area contributed by atoms with Crippen LogP contribution in [0.15, 0.2) is 18.2 Å². The van der Waals surface area contributed by atoms with Crippen LogP contribution in [-0.2, 0) is 9.59 Å². The van der Waals surface area contributed by atoms with Crippen molar-refractivity contribution in [3.8, 4) is 11.5 Å². The fraction of sp³-hybridized carbons (Fsp3) is 0.579. The van der Waals surface area contributed by atoms with Crippen molar-refractivity contribution in [1.29, 1.82) is 0 Å². The van der Waals surface area contributed by atoms with Gasteiger partial charge in [-0.1, -0.05) is 19.8 Å². The molecule has 3 rings (SSSR count). The quantitative estimate of drug-likeness (QED) is 0.804. The van der Waals surface area contributed by atoms with Crippen LogP contribution in [0.4, 0.5) is 5.69 Å². The first-order chi connectivity index (χ1) is 12.2. The first-order valence-electron chi connectivity index (χ1n) is 9.15. The molecule has 0 radical (unpaired) electrons. The lowest BCUT2D eigenvalue weighted by Gasteiger charge is -2.31. The number of carbonyl (C=O) groups is 2. The molecule has 136 valence electrons. The third-order valence-electron chi connectivity index (χ3n) is 4.85. The molecule has 0 saturated carbocycles. The number of nitrogens with zero attached hydrogens (tertiary/aromatic N) is 1. The van der Waals surface area contributed by atoms with Gasteiger partial charge in [0.15, 0.2) is 11.5 Å². The van der Waals surface area contributed by atoms with Crippen LogP contribution < -0.4 is 14.8 Å². The van der Waals surface area contributed by atoms with Gasteiger partial charge in [-0.25, -0.2) is 0 Å². The zero-order valence-corrected chi connectivity index (χ0v) is 14.8. The third kappa shape index (κ3) is 4.44. The maximum absolute atomic E-state index is 12.5. The van der Waals surface area contributed by atoms with Gasteiger partial charge in [-0.3, -0.25) is 9.59 Å². The standard InChI is InChI=1S/C19H26N2O4/c1-2-3-4-5-18(22)21-10-8-14(9-11-21)19(23)20-15-6-7-16-17(12-15)25-13-24-16/h6-7,12,14H,2-5,8-11,13H2,1H3,(H,20,23). The minimum atomic E-state index is -0.0508. The minimum absolute atomic E-state index is 0.0111. The molecular formula is C19H26N2O4. The van der Waals surface area contributed by atoms with Gasteiger partial charge in [0.1, 0.15) is 0 Å². The highest BCUT2D eigenvalue weighted by Gasteiger charge is 2.27. The molecule has 1 saturated heterocycles. The summed E-state index contributed by atoms with van der Waals surface area (Å²) in [5, 5.41) is 2.95. The van der Waals surface area contributed by atoms with Crippen molar-refractivity contribution < 1.29 is 19.1 Å². The van der Waals surface area contributed by atoms with E-state index in [1.807, 2.05) is 11.0 Å². The van der Waals surface area contributed by atoms with Crippen LogP contribution in [0.25, 0.3) is 0 Å². The Hall–Kier alpha value is -2.24. The van der Waals surface area contributed by atoms with E-state index < -0.39 is 0 Å². The normalized spacial score (nSPS) is 16.8. The van der Waals surface area contributed by atoms with Gasteiger partial charge in [0.05, 0.1) is 0 Å². The Bertz CT molecular complexity index is 624. The smallest absolute Gasteiger partial charge is 0.231 e. The van der Waals surface area contributed by atoms with E-state index in [0.29, 0.717) is 36.7 Å². The fourth-order valence-electron chi connectivity index (χ4n) is 3.29. The molecule has 6 nitrogen and oxygen atoms in total. The van der Waals surface area contributed by atoms with Crippen LogP contribution in [-0.4, -0.2) is 36.6 Å². The molecule has 0 bridgehead atoms. The van der Waals surface area contributed by atoms with Crippen molar-refractivity contribution in [1.82, 2.24) is 4.90 Å². The van der Waals surface area contributed by atoms with Gasteiger partial charge < -0.3 is 19.7 Å². The number of unbranched alkanes of at least 4 members (excludes halogenated alkanes) is 2. The second kappa shape index (κ2) is 8.23. The van der Waals surface area contributed by atoms with Crippen LogP contribution in [0.2, 0.25) is 0 Å². The summed E-state index contributed by atoms with van der Waals surface area (Å²) in [5.74, 6) is 1.54. The molecule has 0 unspecified atom stereocenters. The molecule has 0 aromatic heterocycles. The molecule has 2 heterocycles. The van der Waals surface area contributed by atoms with Crippen LogP contribution in [0.5, 0.6) is 11.5 Å². The topological polar surface area (TPSA) is 67.9 Å². The van der Waals surface area contributed by atoms with E-state index in [1.165, 1.54) is 0 Å². The van der Waals surface area contributed by atoms with Gasteiger partial charge in [0.2, 0.25) is 18.6 Å². The number of ether oxygens (including phenoxy) is 2. The van der Waals surface area contributed by atoms with Crippen molar-refractivity contribution in [3.05, 3.63) is 18.2 Å². The summed E-state index contributed by atoms with van der Waals surface area (Å²) in [6, 6.07) is 5.40. The van der Waals surface area contributed by atoms with Crippen molar-refractivity contribution in [2.24, 2.45) is 5.92 Å². The average Bonchev–Trinajstić information content (AvgIpc) is 3.09. The van der Waals surface area contributed by atoms with E-state index in [9.17, 15) is 9.59 Å². The van der Waals surface area contributed by atoms with E-state index in [2.05, 4.69) is 12.2 Å². The molecule has 2 amide bonds. The molecule has 1 aromatic carbocycles. The Morgan fingerprint density at radius 2 is 1.92 bits per heavy atom. The summed E-state index contributed by atoms with van der Waals surface area (Å²) in [6.07, 6.45) is 5.24. The highest BCUT2D eigenvalue weighted by molar-refractivity contribution is 5.93. The highest BCUT2D eigenvalue weighted by Crippen LogP contribution is 2.34. The first kappa shape index (κ1) is 17.6. The molecule has 0 aliphatic carbocycles. The van der Waals surface area contributed by atoms with Crippen molar-refractivity contribution in [2.45, 2.75) is 45.4 Å². The Balaban J connectivity index is 1.46. The summed E-state index contributed by atoms with van der Waals surface area (Å²) in [5.41, 5.74) is 0.715. The summed E-state index contributed by atoms with van der Waals surface area (Å²) < 4.78 is 10.6. The number of nitrogens with one attached hydrogen (secondary N) is 1. The number of rotatable bonds is 6. The fourth-order valence-corrected chi connectivity index (χ4v) is 3.29. The summed E-state index contributed by atoms with van der Waals surface area (Å²) in [6.45, 7) is 3.70. The molecule has 1 fully saturated rings. The average molecular weight is 346 g/mol. The number of amides is 2. The lowest BCUT2D eigenvalue weighted by Crippen LogP contribution is -2.41. The number of hydrogen-bond donors (Lipinski definition) is 1. The SMILES string of the molecule is CCCCCC(=O)N1CCC(C(=O)Nc2ccc3c(c2)OCO3)CC1. The lowest BCUT2D eigenvalue weighted by atomic mass is 9.95. The molecule has 0 spiro atoms. The number of hydrogen-bond acceptors (Lipinski definition) is 4. The Morgan fingerprint density at radius 1 is 1.16 bits per heavy atom. The molecule has 25 heavy (non-hydrogen) atoms. The van der Waals surface area contributed by atoms with E-state index in [-0.39, 0.29) is 24.5 Å². The van der Waals surface area contributed by atoms with Crippen LogP contribution in [0.3, 0.4) is 0 Å². The van der Waals surface area contributed by atoms with E-state index in [1.54, 1.807) is 12.1 Å². The third-order valence-corrected chi connectivity index (χ3v) is 4.85. The number of anilines is 1. The summed E-state index contributed by atoms with van der Waals surface area (Å²) in [7, 11) is 0. The second-order valence-electron chi connectivity index (χ2n) is 6.67. The van der Waals surface area contributed by atoms with Crippen molar-refractivity contribution >= 4 is 17.5 Å². The van der Waals surface area contributed by atoms with Gasteiger partial charge in [-0.2, -0.15) is 0 Å². The van der Waals surface area contributed by atoms with Crippen LogP contribution in [0.1, 0.15) is 45.4 Å². The largest absolute Gasteiger partial charge is 0.454 e. The number of fused-ring (bicyclic) bond motifs is 1. The minimum Gasteiger partial charge on any atom is -0.454 e. The Kier molecular flexibility index (Phi) is 5.79. The Morgan fingerprint density at radius 3 is 2.68 bits per heavy atom. The summed E-state index contributed by atoms with van der Waals surface area (Å²) >= 11 is 0. The first-order valence-corrected chi connectivity index (χ1v) is 9.15. The van der Waals surface area contributed by atoms with E-state index in [0.717, 1.165) is 32.1 Å². The number of piperidine rings is 1. The maximum Gasteiger partial charge on any atom is 0.231 e. The predicted molar refractivity (Wildman–Crippen MR) is 94.6 cm³/mol. The van der Waals surface area contributed by atoms with Crippen LogP contribution in [0, 0.1) is 5.92 Å². The molecule has 1 N–H and O–H groups in total. The molecule has 2 aliphatic rings. The van der Waals surface area contributed by atoms with E-state index in [4.69, 9.17) is 9.47 Å². The van der Waals surface area contributed by atoms with Crippen molar-refractivity contribution in [3.63, 3.8) is 0 Å². The van der Waals surface area contributed by atoms with Gasteiger partial charge in [0.25, 0.3) is 0 Å².